The summed E-state index contributed by atoms with van der Waals surface area (Å²) in [4.78, 5) is 27.1. The molecule has 0 rings (SSSR count). The van der Waals surface area contributed by atoms with E-state index in [1.165, 1.54) is 83.6 Å². The van der Waals surface area contributed by atoms with E-state index in [9.17, 15) is 14.4 Å². The van der Waals surface area contributed by atoms with Crippen LogP contribution in [-0.2, 0) is 9.59 Å². The SMILES string of the molecule is C.CB(O)N(C)CCN(C)CCN(C)CCCCCCCCCO.CNCCN(C)CCN(C)B(C)O.O=C=O.OCCCCCCCCCBr.[2H]CF.[Cs][Cs]. The van der Waals surface area contributed by atoms with Gasteiger partial charge in [-0.3, -0.25) is 4.39 Å². The molecule has 324 valence electrons. The van der Waals surface area contributed by atoms with Crippen molar-refractivity contribution >= 4 is 110 Å². The second-order valence-electron chi connectivity index (χ2n) is 13.4. The molecule has 18 heteroatoms. The summed E-state index contributed by atoms with van der Waals surface area (Å²) in [6, 6.07) is 0. The molecule has 0 aliphatic heterocycles. The Balaban J connectivity index is -0.000000124. The number of rotatable bonds is 31. The Hall–Kier alpha value is 3.62. The molecule has 0 heterocycles. The van der Waals surface area contributed by atoms with Crippen molar-refractivity contribution in [3.8, 4) is 0 Å². The Morgan fingerprint density at radius 2 is 0.891 bits per heavy atom. The Bertz CT molecular complexity index is 711. The number of hydrogen-bond acceptors (Lipinski definition) is 12. The number of nitrogens with zero attached hydrogens (tertiary/aromatic N) is 5. The molecule has 5 N–H and O–H groups in total. The molecule has 12 nitrogen and oxygen atoms in total. The number of halogens is 2. The molecule has 0 bridgehead atoms. The molecule has 0 spiro atoms. The van der Waals surface area contributed by atoms with Crippen molar-refractivity contribution in [2.24, 2.45) is 0 Å². The third-order valence-electron chi connectivity index (χ3n) is 8.54. The van der Waals surface area contributed by atoms with Gasteiger partial charge < -0.3 is 49.9 Å². The van der Waals surface area contributed by atoms with Gasteiger partial charge in [0, 0.05) is 70.9 Å². The molecule has 0 atom stereocenters. The molecule has 0 aromatic heterocycles. The van der Waals surface area contributed by atoms with Gasteiger partial charge in [-0.15, -0.1) is 0 Å². The summed E-state index contributed by atoms with van der Waals surface area (Å²) in [6.07, 6.45) is 17.7. The quantitative estimate of drug-likeness (QED) is 0.0392. The van der Waals surface area contributed by atoms with E-state index in [0.29, 0.717) is 13.2 Å². The first-order valence-corrected chi connectivity index (χ1v) is 73.5. The van der Waals surface area contributed by atoms with Crippen LogP contribution in [0, 0.1) is 0 Å². The number of unbranched alkanes of at least 4 members (excludes halogenated alkanes) is 12. The monoisotopic (exact) mass is 1100 g/mol. The summed E-state index contributed by atoms with van der Waals surface area (Å²) in [6.45, 7) is 13.5. The third-order valence-corrected chi connectivity index (χ3v) is 9.10. The Morgan fingerprint density at radius 3 is 1.20 bits per heavy atom. The molecule has 0 aliphatic rings. The molecule has 55 heavy (non-hydrogen) atoms. The molecule has 0 aromatic rings. The van der Waals surface area contributed by atoms with Gasteiger partial charge >= 0.3 is 93.8 Å². The topological polar surface area (TPSA) is 143 Å². The van der Waals surface area contributed by atoms with Gasteiger partial charge in [-0.1, -0.05) is 87.6 Å². The molecule has 0 fully saturated rings. The van der Waals surface area contributed by atoms with E-state index < -0.39 is 7.15 Å². The Kier molecular flexibility index (Phi) is 85.3. The van der Waals surface area contributed by atoms with E-state index in [-0.39, 0.29) is 27.7 Å². The van der Waals surface area contributed by atoms with Crippen LogP contribution in [0.2, 0.25) is 13.6 Å². The fourth-order valence-corrected chi connectivity index (χ4v) is 4.87. The van der Waals surface area contributed by atoms with Gasteiger partial charge in [0.15, 0.2) is 0 Å². The fraction of sp³-hybridized carbons (Fsp3) is 0.973. The van der Waals surface area contributed by atoms with Crippen LogP contribution in [0.3, 0.4) is 0 Å². The number of alkyl halides is 2. The Morgan fingerprint density at radius 1 is 0.618 bits per heavy atom. The summed E-state index contributed by atoms with van der Waals surface area (Å²) in [5.41, 5.74) is 0. The summed E-state index contributed by atoms with van der Waals surface area (Å²) in [7, 11) is 10.6. The van der Waals surface area contributed by atoms with Gasteiger partial charge in [0.1, 0.15) is 0 Å². The number of nitrogens with one attached hydrogen (secondary N) is 1. The van der Waals surface area contributed by atoms with E-state index in [0.717, 1.165) is 144 Å². The van der Waals surface area contributed by atoms with Crippen molar-refractivity contribution in [3.05, 3.63) is 0 Å². The number of carbonyl (C=O) groups excluding carboxylic acids is 2. The minimum atomic E-state index is -1.00. The van der Waals surface area contributed by atoms with Crippen molar-refractivity contribution in [2.45, 2.75) is 111 Å². The second-order valence-corrected chi connectivity index (χ2v) is 14.2. The zero-order valence-electron chi connectivity index (χ0n) is 37.8. The van der Waals surface area contributed by atoms with Crippen LogP contribution in [-0.4, -0.2) is 265 Å². The summed E-state index contributed by atoms with van der Waals surface area (Å²) >= 11 is 5.63. The fourth-order valence-electron chi connectivity index (χ4n) is 4.48. The third kappa shape index (κ3) is 75.4. The first-order valence-electron chi connectivity index (χ1n) is 21.1. The second kappa shape index (κ2) is 66.7. The maximum atomic E-state index is 9.96. The van der Waals surface area contributed by atoms with E-state index in [4.69, 9.17) is 21.2 Å². The average Bonchev–Trinajstić information content (AvgIpc) is 3.16. The summed E-state index contributed by atoms with van der Waals surface area (Å²) in [5.74, 6) is 0. The van der Waals surface area contributed by atoms with E-state index in [2.05, 4.69) is 57.1 Å². The van der Waals surface area contributed by atoms with Crippen molar-refractivity contribution in [1.82, 2.24) is 29.6 Å². The molecular weight excluding hydrogens is 1010 g/mol. The maximum absolute atomic E-state index is 9.96. The standard InChI is InChI=1S/C17H40BN3O2.C9H19BrO.C8H22BN3O.CH3F.CO2.CH4.2Cs/c1-18(23)21(4)16-15-20(3)14-13-19(2)12-10-8-6-5-7-9-11-17-22;10-8-6-4-2-1-3-5-7-9-11;1-9(13)12(4)8-7-11(3)6-5-10-2;1-2;2-1-3;;;/h22-23H,5-17H2,1-4H3;11H,1-9H2;10,13H,5-8H2,1-4H3;1H3;;1H4;;/i;;;1D;;;;. The first-order chi connectivity index (χ1) is 26.3. The molecule has 0 aliphatic carbocycles. The van der Waals surface area contributed by atoms with Gasteiger partial charge in [-0.2, -0.15) is 9.59 Å². The van der Waals surface area contributed by atoms with Gasteiger partial charge in [0.05, 0.1) is 8.52 Å². The Labute approximate surface area is 404 Å². The molecule has 0 amide bonds. The number of hydrogen-bond donors (Lipinski definition) is 5. The van der Waals surface area contributed by atoms with Crippen LogP contribution in [0.1, 0.15) is 98.7 Å². The molecule has 0 saturated carbocycles. The molecule has 0 aromatic carbocycles. The first kappa shape index (κ1) is 70.3. The zero-order valence-corrected chi connectivity index (χ0v) is 51.0. The average molecular weight is 1100 g/mol. The number of aliphatic hydroxyl groups is 2. The van der Waals surface area contributed by atoms with Crippen LogP contribution in [0.15, 0.2) is 0 Å². The zero-order chi connectivity index (χ0) is 43.5. The number of aliphatic hydroxyl groups excluding tert-OH is 2. The van der Waals surface area contributed by atoms with Crippen molar-refractivity contribution in [1.29, 1.82) is 0 Å². The predicted molar refractivity (Wildman–Crippen MR) is 242 cm³/mol. The van der Waals surface area contributed by atoms with Crippen molar-refractivity contribution in [3.63, 3.8) is 0 Å². The molecule has 0 saturated heterocycles. The minimum absolute atomic E-state index is 0. The van der Waals surface area contributed by atoms with Gasteiger partial charge in [-0.05, 0) is 88.2 Å². The molecular formula is C37H88B2BrCs2FN6O6. The van der Waals surface area contributed by atoms with Crippen molar-refractivity contribution < 1.29 is 35.6 Å². The van der Waals surface area contributed by atoms with Gasteiger partial charge in [0.25, 0.3) is 0 Å². The van der Waals surface area contributed by atoms with Crippen LogP contribution in [0.25, 0.3) is 0 Å². The van der Waals surface area contributed by atoms with Gasteiger partial charge in [0.2, 0.25) is 0 Å². The molecule has 0 unspecified atom stereocenters. The summed E-state index contributed by atoms with van der Waals surface area (Å²) in [5, 5.41) is 40.1. The van der Waals surface area contributed by atoms with Gasteiger partial charge in [-0.25, -0.2) is 0 Å². The van der Waals surface area contributed by atoms with E-state index in [1.54, 1.807) is 13.6 Å². The van der Waals surface area contributed by atoms with E-state index >= 15 is 0 Å². The normalized spacial score (nSPS) is 10.3. The number of likely N-dealkylation sites (N-methyl/N-ethyl adjacent to an activating group) is 6. The van der Waals surface area contributed by atoms with Crippen LogP contribution < -0.4 is 5.32 Å². The summed E-state index contributed by atoms with van der Waals surface area (Å²) < 4.78 is 15.5. The van der Waals surface area contributed by atoms with Crippen molar-refractivity contribution in [2.75, 3.05) is 127 Å². The van der Waals surface area contributed by atoms with Crippen LogP contribution >= 0.6 is 15.9 Å². The van der Waals surface area contributed by atoms with Crippen LogP contribution in [0.4, 0.5) is 4.39 Å². The molecule has 0 radical (unpaired) electrons. The predicted octanol–water partition coefficient (Wildman–Crippen LogP) is 3.78. The van der Waals surface area contributed by atoms with E-state index in [1.807, 2.05) is 30.8 Å². The van der Waals surface area contributed by atoms with Crippen LogP contribution in [0.5, 0.6) is 0 Å².